The van der Waals surface area contributed by atoms with Crippen LogP contribution in [0.5, 0.6) is 5.75 Å². The molecule has 0 radical (unpaired) electrons. The van der Waals surface area contributed by atoms with Crippen molar-refractivity contribution in [2.24, 2.45) is 0 Å². The molecule has 0 saturated carbocycles. The third-order valence-electron chi connectivity index (χ3n) is 2.65. The number of anilines is 1. The van der Waals surface area contributed by atoms with Gasteiger partial charge in [-0.3, -0.25) is 0 Å². The Hall–Kier alpha value is -1.29. The molecule has 0 aromatic heterocycles. The highest BCUT2D eigenvalue weighted by Crippen LogP contribution is 2.31. The molecule has 2 N–H and O–H groups in total. The zero-order valence-electron chi connectivity index (χ0n) is 11.8. The number of nitrogens with one attached hydrogen (secondary N) is 2. The Morgan fingerprint density at radius 3 is 2.50 bits per heavy atom. The monoisotopic (exact) mass is 266 g/mol. The molecule has 0 amide bonds. The lowest BCUT2D eigenvalue weighted by molar-refractivity contribution is 0.416. The van der Waals surface area contributed by atoms with Gasteiger partial charge in [-0.2, -0.15) is 0 Å². The van der Waals surface area contributed by atoms with E-state index < -0.39 is 0 Å². The molecule has 18 heavy (non-hydrogen) atoms. The van der Waals surface area contributed by atoms with Gasteiger partial charge in [0, 0.05) is 6.54 Å². The van der Waals surface area contributed by atoms with Crippen LogP contribution in [0.4, 0.5) is 5.69 Å². The van der Waals surface area contributed by atoms with Crippen LogP contribution in [0.25, 0.3) is 0 Å². The van der Waals surface area contributed by atoms with Crippen LogP contribution in [-0.2, 0) is 5.41 Å². The van der Waals surface area contributed by atoms with E-state index in [1.807, 2.05) is 13.0 Å². The molecule has 0 bridgehead atoms. The average Bonchev–Trinajstić information content (AvgIpc) is 2.28. The molecule has 0 aliphatic rings. The van der Waals surface area contributed by atoms with Gasteiger partial charge in [0.1, 0.15) is 5.75 Å². The van der Waals surface area contributed by atoms with Crippen LogP contribution >= 0.6 is 12.2 Å². The fourth-order valence-corrected chi connectivity index (χ4v) is 1.85. The highest BCUT2D eigenvalue weighted by Gasteiger charge is 2.16. The van der Waals surface area contributed by atoms with E-state index in [0.717, 1.165) is 18.0 Å². The van der Waals surface area contributed by atoms with Gasteiger partial charge in [0.05, 0.1) is 12.8 Å². The Morgan fingerprint density at radius 2 is 2.00 bits per heavy atom. The molecule has 0 heterocycles. The number of ether oxygens (including phenoxy) is 1. The maximum atomic E-state index is 5.34. The van der Waals surface area contributed by atoms with Crippen molar-refractivity contribution in [1.82, 2.24) is 5.32 Å². The lowest BCUT2D eigenvalue weighted by Crippen LogP contribution is -2.28. The zero-order valence-corrected chi connectivity index (χ0v) is 12.6. The number of thiocarbonyl (C=S) groups is 1. The Kier molecular flexibility index (Phi) is 4.96. The van der Waals surface area contributed by atoms with E-state index in [2.05, 4.69) is 43.5 Å². The molecule has 3 nitrogen and oxygen atoms in total. The molecule has 100 valence electrons. The SMILES string of the molecule is CCNC(=S)Nc1cc(C(C)(C)C)ccc1OC. The summed E-state index contributed by atoms with van der Waals surface area (Å²) in [5.41, 5.74) is 2.24. The predicted molar refractivity (Wildman–Crippen MR) is 81.6 cm³/mol. The molecule has 1 rings (SSSR count). The molecular weight excluding hydrogens is 244 g/mol. The molecule has 0 aliphatic heterocycles. The Bertz CT molecular complexity index is 424. The predicted octanol–water partition coefficient (Wildman–Crippen LogP) is 3.30. The summed E-state index contributed by atoms with van der Waals surface area (Å²) in [7, 11) is 1.66. The van der Waals surface area contributed by atoms with Crippen LogP contribution < -0.4 is 15.4 Å². The Morgan fingerprint density at radius 1 is 1.33 bits per heavy atom. The van der Waals surface area contributed by atoms with Crippen LogP contribution in [0, 0.1) is 0 Å². The van der Waals surface area contributed by atoms with Crippen LogP contribution in [0.15, 0.2) is 18.2 Å². The van der Waals surface area contributed by atoms with Crippen LogP contribution in [-0.4, -0.2) is 18.8 Å². The number of methoxy groups -OCH3 is 1. The molecule has 0 spiro atoms. The van der Waals surface area contributed by atoms with E-state index in [-0.39, 0.29) is 5.41 Å². The first-order valence-corrected chi connectivity index (χ1v) is 6.52. The second kappa shape index (κ2) is 6.05. The number of rotatable bonds is 3. The molecule has 0 saturated heterocycles. The maximum Gasteiger partial charge on any atom is 0.170 e. The summed E-state index contributed by atoms with van der Waals surface area (Å²) in [6.45, 7) is 9.35. The van der Waals surface area contributed by atoms with Gasteiger partial charge in [-0.25, -0.2) is 0 Å². The van der Waals surface area contributed by atoms with Crippen molar-refractivity contribution in [2.75, 3.05) is 19.0 Å². The van der Waals surface area contributed by atoms with Crippen LogP contribution in [0.2, 0.25) is 0 Å². The van der Waals surface area contributed by atoms with Crippen molar-refractivity contribution < 1.29 is 4.74 Å². The molecule has 1 aromatic rings. The molecule has 0 atom stereocenters. The van der Waals surface area contributed by atoms with Crippen molar-refractivity contribution >= 4 is 23.0 Å². The van der Waals surface area contributed by atoms with Gasteiger partial charge in [0.2, 0.25) is 0 Å². The summed E-state index contributed by atoms with van der Waals surface area (Å²) in [4.78, 5) is 0. The average molecular weight is 266 g/mol. The lowest BCUT2D eigenvalue weighted by Gasteiger charge is -2.21. The number of hydrogen-bond donors (Lipinski definition) is 2. The first kappa shape index (κ1) is 14.8. The third-order valence-corrected chi connectivity index (χ3v) is 2.90. The molecule has 0 fully saturated rings. The first-order valence-electron chi connectivity index (χ1n) is 6.12. The normalized spacial score (nSPS) is 10.9. The first-order chi connectivity index (χ1) is 8.38. The van der Waals surface area contributed by atoms with Crippen molar-refractivity contribution in [3.05, 3.63) is 23.8 Å². The fourth-order valence-electron chi connectivity index (χ4n) is 1.60. The van der Waals surface area contributed by atoms with Crippen LogP contribution in [0.3, 0.4) is 0 Å². The molecule has 0 aliphatic carbocycles. The van der Waals surface area contributed by atoms with E-state index in [0.29, 0.717) is 5.11 Å². The third kappa shape index (κ3) is 3.88. The molecule has 0 unspecified atom stereocenters. The van der Waals surface area contributed by atoms with E-state index in [1.165, 1.54) is 5.56 Å². The number of hydrogen-bond acceptors (Lipinski definition) is 2. The van der Waals surface area contributed by atoms with Gasteiger partial charge in [-0.15, -0.1) is 0 Å². The van der Waals surface area contributed by atoms with Crippen LogP contribution in [0.1, 0.15) is 33.3 Å². The highest BCUT2D eigenvalue weighted by atomic mass is 32.1. The van der Waals surface area contributed by atoms with Gasteiger partial charge in [-0.1, -0.05) is 26.8 Å². The molecular formula is C14H22N2OS. The summed E-state index contributed by atoms with van der Waals surface area (Å²) >= 11 is 5.20. The van der Waals surface area contributed by atoms with E-state index >= 15 is 0 Å². The smallest absolute Gasteiger partial charge is 0.170 e. The fraction of sp³-hybridized carbons (Fsp3) is 0.500. The van der Waals surface area contributed by atoms with Crippen molar-refractivity contribution in [1.29, 1.82) is 0 Å². The van der Waals surface area contributed by atoms with Crippen molar-refractivity contribution in [3.63, 3.8) is 0 Å². The summed E-state index contributed by atoms with van der Waals surface area (Å²) in [5, 5.41) is 6.85. The highest BCUT2D eigenvalue weighted by molar-refractivity contribution is 7.80. The molecule has 4 heteroatoms. The summed E-state index contributed by atoms with van der Waals surface area (Å²) in [6.07, 6.45) is 0. The van der Waals surface area contributed by atoms with E-state index in [9.17, 15) is 0 Å². The second-order valence-electron chi connectivity index (χ2n) is 5.15. The standard InChI is InChI=1S/C14H22N2OS/c1-6-15-13(18)16-11-9-10(14(2,3)4)7-8-12(11)17-5/h7-9H,6H2,1-5H3,(H2,15,16,18). The van der Waals surface area contributed by atoms with Gasteiger partial charge in [-0.05, 0) is 42.3 Å². The van der Waals surface area contributed by atoms with Gasteiger partial charge < -0.3 is 15.4 Å². The second-order valence-corrected chi connectivity index (χ2v) is 5.56. The largest absolute Gasteiger partial charge is 0.495 e. The minimum Gasteiger partial charge on any atom is -0.495 e. The van der Waals surface area contributed by atoms with E-state index in [1.54, 1.807) is 7.11 Å². The lowest BCUT2D eigenvalue weighted by atomic mass is 9.87. The minimum absolute atomic E-state index is 0.0997. The minimum atomic E-state index is 0.0997. The van der Waals surface area contributed by atoms with E-state index in [4.69, 9.17) is 17.0 Å². The topological polar surface area (TPSA) is 33.3 Å². The number of benzene rings is 1. The van der Waals surface area contributed by atoms with Gasteiger partial charge in [0.25, 0.3) is 0 Å². The maximum absolute atomic E-state index is 5.34. The molecule has 1 aromatic carbocycles. The quantitative estimate of drug-likeness (QED) is 0.823. The summed E-state index contributed by atoms with van der Waals surface area (Å²) in [6, 6.07) is 6.14. The zero-order chi connectivity index (χ0) is 13.8. The Balaban J connectivity index is 3.03. The van der Waals surface area contributed by atoms with Crippen molar-refractivity contribution in [3.8, 4) is 5.75 Å². The summed E-state index contributed by atoms with van der Waals surface area (Å²) in [5.74, 6) is 0.795. The van der Waals surface area contributed by atoms with Gasteiger partial charge in [0.15, 0.2) is 5.11 Å². The summed E-state index contributed by atoms with van der Waals surface area (Å²) < 4.78 is 5.34. The Labute approximate surface area is 115 Å². The van der Waals surface area contributed by atoms with Crippen molar-refractivity contribution in [2.45, 2.75) is 33.1 Å². The van der Waals surface area contributed by atoms with Gasteiger partial charge >= 0.3 is 0 Å².